The second-order valence-corrected chi connectivity index (χ2v) is 4.05. The van der Waals surface area contributed by atoms with Crippen molar-refractivity contribution in [2.24, 2.45) is 0 Å². The summed E-state index contributed by atoms with van der Waals surface area (Å²) in [7, 11) is 0. The standard InChI is InChI=1S/C12H14N2O3/c1-8(2)17-10-5-3-9(4-6-10)14-11(15)7-13-12(14)16/h3-6,8H,7H2,1-2H3,(H,13,16). The van der Waals surface area contributed by atoms with Crippen LogP contribution < -0.4 is 15.0 Å². The third-order valence-electron chi connectivity index (χ3n) is 2.31. The molecule has 1 aromatic carbocycles. The summed E-state index contributed by atoms with van der Waals surface area (Å²) in [5.41, 5.74) is 0.557. The van der Waals surface area contributed by atoms with E-state index in [0.29, 0.717) is 5.69 Å². The second-order valence-electron chi connectivity index (χ2n) is 4.05. The minimum absolute atomic E-state index is 0.0586. The first-order valence-corrected chi connectivity index (χ1v) is 5.45. The third kappa shape index (κ3) is 2.38. The maximum atomic E-state index is 11.5. The Morgan fingerprint density at radius 2 is 1.88 bits per heavy atom. The SMILES string of the molecule is CC(C)Oc1ccc(N2C(=O)CNC2=O)cc1. The number of urea groups is 1. The molecule has 3 amide bonds. The summed E-state index contributed by atoms with van der Waals surface area (Å²) in [6, 6.07) is 6.50. The van der Waals surface area contributed by atoms with E-state index >= 15 is 0 Å². The number of ether oxygens (including phenoxy) is 1. The maximum absolute atomic E-state index is 11.5. The lowest BCUT2D eigenvalue weighted by atomic mass is 10.2. The number of imide groups is 1. The normalized spacial score (nSPS) is 15.4. The highest BCUT2D eigenvalue weighted by molar-refractivity contribution is 6.19. The molecule has 90 valence electrons. The highest BCUT2D eigenvalue weighted by atomic mass is 16.5. The molecule has 0 spiro atoms. The lowest BCUT2D eigenvalue weighted by molar-refractivity contribution is -0.115. The van der Waals surface area contributed by atoms with E-state index in [1.165, 1.54) is 0 Å². The molecule has 0 bridgehead atoms. The van der Waals surface area contributed by atoms with Gasteiger partial charge in [-0.3, -0.25) is 4.79 Å². The Labute approximate surface area is 99.4 Å². The first-order valence-electron chi connectivity index (χ1n) is 5.45. The molecule has 0 atom stereocenters. The van der Waals surface area contributed by atoms with Crippen LogP contribution in [0.2, 0.25) is 0 Å². The number of hydrogen-bond acceptors (Lipinski definition) is 3. The van der Waals surface area contributed by atoms with Gasteiger partial charge in [-0.05, 0) is 38.1 Å². The zero-order valence-electron chi connectivity index (χ0n) is 9.77. The summed E-state index contributed by atoms with van der Waals surface area (Å²) in [6.45, 7) is 3.93. The zero-order valence-corrected chi connectivity index (χ0v) is 9.77. The molecule has 2 rings (SSSR count). The summed E-state index contributed by atoms with van der Waals surface area (Å²) < 4.78 is 5.48. The number of hydrogen-bond donors (Lipinski definition) is 1. The van der Waals surface area contributed by atoms with E-state index in [9.17, 15) is 9.59 Å². The summed E-state index contributed by atoms with van der Waals surface area (Å²) in [6.07, 6.45) is 0.0950. The van der Waals surface area contributed by atoms with Crippen molar-refractivity contribution in [3.63, 3.8) is 0 Å². The van der Waals surface area contributed by atoms with Crippen LogP contribution in [0.1, 0.15) is 13.8 Å². The Morgan fingerprint density at radius 3 is 2.35 bits per heavy atom. The highest BCUT2D eigenvalue weighted by Crippen LogP contribution is 2.21. The number of nitrogens with one attached hydrogen (secondary N) is 1. The third-order valence-corrected chi connectivity index (χ3v) is 2.31. The Kier molecular flexibility index (Phi) is 2.99. The Balaban J connectivity index is 2.17. The molecule has 1 aliphatic heterocycles. The monoisotopic (exact) mass is 234 g/mol. The predicted molar refractivity (Wildman–Crippen MR) is 63.1 cm³/mol. The van der Waals surface area contributed by atoms with Gasteiger partial charge in [-0.2, -0.15) is 0 Å². The quantitative estimate of drug-likeness (QED) is 0.807. The van der Waals surface area contributed by atoms with Gasteiger partial charge in [0.2, 0.25) is 0 Å². The molecule has 17 heavy (non-hydrogen) atoms. The number of carbonyl (C=O) groups excluding carboxylic acids is 2. The largest absolute Gasteiger partial charge is 0.491 e. The van der Waals surface area contributed by atoms with Crippen molar-refractivity contribution in [3.05, 3.63) is 24.3 Å². The molecule has 5 heteroatoms. The average Bonchev–Trinajstić information content (AvgIpc) is 2.59. The van der Waals surface area contributed by atoms with Gasteiger partial charge in [-0.15, -0.1) is 0 Å². The van der Waals surface area contributed by atoms with E-state index in [1.54, 1.807) is 24.3 Å². The molecule has 1 fully saturated rings. The fourth-order valence-corrected chi connectivity index (χ4v) is 1.63. The van der Waals surface area contributed by atoms with E-state index in [4.69, 9.17) is 4.74 Å². The van der Waals surface area contributed by atoms with Crippen LogP contribution in [0.3, 0.4) is 0 Å². The van der Waals surface area contributed by atoms with Gasteiger partial charge in [0, 0.05) is 0 Å². The molecule has 0 aromatic heterocycles. The molecule has 0 aliphatic carbocycles. The second kappa shape index (κ2) is 4.45. The van der Waals surface area contributed by atoms with Crippen LogP contribution in [0.25, 0.3) is 0 Å². The van der Waals surface area contributed by atoms with Crippen LogP contribution in [0.15, 0.2) is 24.3 Å². The topological polar surface area (TPSA) is 58.6 Å². The van der Waals surface area contributed by atoms with Crippen LogP contribution in [0.5, 0.6) is 5.75 Å². The molecule has 5 nitrogen and oxygen atoms in total. The lowest BCUT2D eigenvalue weighted by Crippen LogP contribution is -2.30. The van der Waals surface area contributed by atoms with Crippen LogP contribution in [0, 0.1) is 0 Å². The molecule has 0 radical (unpaired) electrons. The van der Waals surface area contributed by atoms with Crippen LogP contribution in [-0.2, 0) is 4.79 Å². The zero-order chi connectivity index (χ0) is 12.4. The molecule has 1 heterocycles. The van der Waals surface area contributed by atoms with Gasteiger partial charge in [0.05, 0.1) is 18.3 Å². The Bertz CT molecular complexity index is 424. The molecule has 1 aliphatic rings. The Morgan fingerprint density at radius 1 is 1.24 bits per heavy atom. The smallest absolute Gasteiger partial charge is 0.329 e. The van der Waals surface area contributed by atoms with Gasteiger partial charge >= 0.3 is 6.03 Å². The summed E-state index contributed by atoms with van der Waals surface area (Å²) in [5.74, 6) is 0.475. The number of benzene rings is 1. The van der Waals surface area contributed by atoms with Crippen molar-refractivity contribution in [1.82, 2.24) is 5.32 Å². The van der Waals surface area contributed by atoms with Crippen LogP contribution in [-0.4, -0.2) is 24.6 Å². The van der Waals surface area contributed by atoms with Gasteiger partial charge in [0.1, 0.15) is 5.75 Å². The molecule has 0 saturated carbocycles. The molecule has 0 unspecified atom stereocenters. The number of nitrogens with zero attached hydrogens (tertiary/aromatic N) is 1. The minimum atomic E-state index is -0.382. The highest BCUT2D eigenvalue weighted by Gasteiger charge is 2.29. The average molecular weight is 234 g/mol. The van der Waals surface area contributed by atoms with Gasteiger partial charge in [0.25, 0.3) is 5.91 Å². The van der Waals surface area contributed by atoms with Gasteiger partial charge < -0.3 is 10.1 Å². The fraction of sp³-hybridized carbons (Fsp3) is 0.333. The van der Waals surface area contributed by atoms with Gasteiger partial charge in [0.15, 0.2) is 0 Å². The first kappa shape index (κ1) is 11.4. The summed E-state index contributed by atoms with van der Waals surface area (Å²) in [4.78, 5) is 24.0. The van der Waals surface area contributed by atoms with Crippen LogP contribution in [0.4, 0.5) is 10.5 Å². The van der Waals surface area contributed by atoms with Gasteiger partial charge in [-0.1, -0.05) is 0 Å². The fourth-order valence-electron chi connectivity index (χ4n) is 1.63. The van der Waals surface area contributed by atoms with Crippen molar-refractivity contribution in [2.45, 2.75) is 20.0 Å². The van der Waals surface area contributed by atoms with Crippen LogP contribution >= 0.6 is 0 Å². The molecule has 1 N–H and O–H groups in total. The minimum Gasteiger partial charge on any atom is -0.491 e. The van der Waals surface area contributed by atoms with Crippen molar-refractivity contribution in [2.75, 3.05) is 11.4 Å². The number of amides is 3. The van der Waals surface area contributed by atoms with Gasteiger partial charge in [-0.25, -0.2) is 9.69 Å². The van der Waals surface area contributed by atoms with E-state index < -0.39 is 0 Å². The van der Waals surface area contributed by atoms with Crippen molar-refractivity contribution in [3.8, 4) is 5.75 Å². The number of anilines is 1. The first-order chi connectivity index (χ1) is 8.08. The maximum Gasteiger partial charge on any atom is 0.329 e. The molecular weight excluding hydrogens is 220 g/mol. The summed E-state index contributed by atoms with van der Waals surface area (Å²) in [5, 5.41) is 2.47. The van der Waals surface area contributed by atoms with E-state index in [-0.39, 0.29) is 24.6 Å². The lowest BCUT2D eigenvalue weighted by Gasteiger charge is -2.14. The number of carbonyl (C=O) groups is 2. The van der Waals surface area contributed by atoms with Crippen molar-refractivity contribution >= 4 is 17.6 Å². The Hall–Kier alpha value is -2.04. The molecule has 1 aromatic rings. The van der Waals surface area contributed by atoms with E-state index in [1.807, 2.05) is 13.8 Å². The van der Waals surface area contributed by atoms with Crippen molar-refractivity contribution in [1.29, 1.82) is 0 Å². The summed E-state index contributed by atoms with van der Waals surface area (Å²) >= 11 is 0. The predicted octanol–water partition coefficient (Wildman–Crippen LogP) is 1.53. The molecular formula is C12H14N2O3. The van der Waals surface area contributed by atoms with E-state index in [0.717, 1.165) is 10.6 Å². The molecule has 1 saturated heterocycles. The number of rotatable bonds is 3. The van der Waals surface area contributed by atoms with E-state index in [2.05, 4.69) is 5.32 Å². The van der Waals surface area contributed by atoms with Crippen molar-refractivity contribution < 1.29 is 14.3 Å².